The fourth-order valence-corrected chi connectivity index (χ4v) is 2.71. The second-order valence-corrected chi connectivity index (χ2v) is 6.24. The number of carbonyl (C=O) groups excluding carboxylic acids is 1. The maximum absolute atomic E-state index is 10.6. The Morgan fingerprint density at radius 1 is 0.609 bits per heavy atom. The Balaban J connectivity index is 0. The van der Waals surface area contributed by atoms with Crippen molar-refractivity contribution >= 4 is 5.91 Å². The largest absolute Gasteiger partial charge is 0.400 e. The van der Waals surface area contributed by atoms with Crippen LogP contribution in [-0.2, 0) is 4.79 Å². The maximum Gasteiger partial charge on any atom is 0.217 e. The van der Waals surface area contributed by atoms with E-state index in [-0.39, 0.29) is 5.91 Å². The molecule has 0 radical (unpaired) electrons. The minimum Gasteiger partial charge on any atom is -0.400 e. The average molecular weight is 332 g/mol. The molecule has 140 valence electrons. The van der Waals surface area contributed by atoms with E-state index in [0.29, 0.717) is 13.0 Å². The van der Waals surface area contributed by atoms with Crippen molar-refractivity contribution in [3.8, 4) is 0 Å². The quantitative estimate of drug-likeness (QED) is 0.347. The van der Waals surface area contributed by atoms with Crippen LogP contribution in [0.25, 0.3) is 0 Å². The molecule has 0 bridgehead atoms. The summed E-state index contributed by atoms with van der Waals surface area (Å²) in [5.74, 6) is -0.164. The van der Waals surface area contributed by atoms with Crippen molar-refractivity contribution in [2.45, 2.75) is 103 Å². The molecule has 0 atom stereocenters. The number of aliphatic hydroxyl groups excluding tert-OH is 2. The van der Waals surface area contributed by atoms with Gasteiger partial charge in [0.1, 0.15) is 0 Å². The Morgan fingerprint density at radius 3 is 1.13 bits per heavy atom. The van der Waals surface area contributed by atoms with Gasteiger partial charge in [-0.05, 0) is 12.8 Å². The predicted octanol–water partition coefficient (Wildman–Crippen LogP) is 4.31. The molecule has 0 saturated carbocycles. The zero-order chi connectivity index (χ0) is 17.6. The van der Waals surface area contributed by atoms with Crippen molar-refractivity contribution in [3.63, 3.8) is 0 Å². The molecular formula is C19H41NO3. The first-order valence-electron chi connectivity index (χ1n) is 9.61. The summed E-state index contributed by atoms with van der Waals surface area (Å²) in [6.07, 6.45) is 19.6. The zero-order valence-corrected chi connectivity index (χ0v) is 15.4. The van der Waals surface area contributed by atoms with Crippen LogP contribution in [0.4, 0.5) is 0 Å². The number of amides is 1. The predicted molar refractivity (Wildman–Crippen MR) is 98.3 cm³/mol. The van der Waals surface area contributed by atoms with Crippen LogP contribution in [0.2, 0.25) is 0 Å². The number of hydrogen-bond acceptors (Lipinski definition) is 3. The Morgan fingerprint density at radius 2 is 0.870 bits per heavy atom. The van der Waals surface area contributed by atoms with E-state index in [2.05, 4.69) is 0 Å². The normalized spacial score (nSPS) is 10.2. The molecule has 1 amide bonds. The summed E-state index contributed by atoms with van der Waals surface area (Å²) in [5, 5.41) is 15.7. The highest BCUT2D eigenvalue weighted by molar-refractivity contribution is 5.73. The second kappa shape index (κ2) is 23.7. The highest BCUT2D eigenvalue weighted by Crippen LogP contribution is 2.13. The molecule has 4 N–H and O–H groups in total. The summed E-state index contributed by atoms with van der Waals surface area (Å²) in [6.45, 7) is 0.352. The van der Waals surface area contributed by atoms with Gasteiger partial charge < -0.3 is 15.9 Å². The van der Waals surface area contributed by atoms with Crippen LogP contribution in [0.15, 0.2) is 0 Å². The molecule has 0 unspecified atom stereocenters. The molecule has 23 heavy (non-hydrogen) atoms. The van der Waals surface area contributed by atoms with Gasteiger partial charge in [-0.25, -0.2) is 0 Å². The third-order valence-corrected chi connectivity index (χ3v) is 4.08. The summed E-state index contributed by atoms with van der Waals surface area (Å²) in [6, 6.07) is 0. The minimum absolute atomic E-state index is 0.164. The van der Waals surface area contributed by atoms with E-state index in [1.54, 1.807) is 0 Å². The Hall–Kier alpha value is -0.610. The summed E-state index contributed by atoms with van der Waals surface area (Å²) in [7, 11) is 1.00. The van der Waals surface area contributed by atoms with Gasteiger partial charge in [0.05, 0.1) is 0 Å². The van der Waals surface area contributed by atoms with Gasteiger partial charge in [-0.3, -0.25) is 4.79 Å². The highest BCUT2D eigenvalue weighted by atomic mass is 16.3. The smallest absolute Gasteiger partial charge is 0.217 e. The molecule has 0 aliphatic heterocycles. The van der Waals surface area contributed by atoms with Gasteiger partial charge in [-0.15, -0.1) is 0 Å². The molecule has 0 rings (SSSR count). The number of primary amides is 1. The monoisotopic (exact) mass is 331 g/mol. The average Bonchev–Trinajstić information content (AvgIpc) is 2.56. The van der Waals surface area contributed by atoms with Crippen LogP contribution in [0, 0.1) is 0 Å². The lowest BCUT2D eigenvalue weighted by Crippen LogP contribution is -2.09. The van der Waals surface area contributed by atoms with Gasteiger partial charge in [0.2, 0.25) is 5.91 Å². The lowest BCUT2D eigenvalue weighted by Gasteiger charge is -2.03. The van der Waals surface area contributed by atoms with E-state index in [9.17, 15) is 4.79 Å². The van der Waals surface area contributed by atoms with Crippen LogP contribution in [-0.4, -0.2) is 29.8 Å². The lowest BCUT2D eigenvalue weighted by atomic mass is 10.0. The fraction of sp³-hybridized carbons (Fsp3) is 0.947. The molecular weight excluding hydrogens is 290 g/mol. The number of aliphatic hydroxyl groups is 2. The van der Waals surface area contributed by atoms with Gasteiger partial charge in [-0.2, -0.15) is 0 Å². The van der Waals surface area contributed by atoms with Gasteiger partial charge in [0.15, 0.2) is 0 Å². The molecule has 0 saturated heterocycles. The summed E-state index contributed by atoms with van der Waals surface area (Å²) < 4.78 is 0. The number of unbranched alkanes of at least 4 members (excludes halogenated alkanes) is 14. The van der Waals surface area contributed by atoms with E-state index in [1.807, 2.05) is 0 Å². The van der Waals surface area contributed by atoms with Crippen molar-refractivity contribution in [2.24, 2.45) is 5.73 Å². The van der Waals surface area contributed by atoms with Crippen LogP contribution >= 0.6 is 0 Å². The van der Waals surface area contributed by atoms with Gasteiger partial charge in [0.25, 0.3) is 0 Å². The van der Waals surface area contributed by atoms with E-state index in [4.69, 9.17) is 15.9 Å². The van der Waals surface area contributed by atoms with Crippen molar-refractivity contribution in [3.05, 3.63) is 0 Å². The van der Waals surface area contributed by atoms with Gasteiger partial charge in [0, 0.05) is 20.1 Å². The highest BCUT2D eigenvalue weighted by Gasteiger charge is 1.96. The van der Waals surface area contributed by atoms with E-state index < -0.39 is 0 Å². The molecule has 0 heterocycles. The van der Waals surface area contributed by atoms with Gasteiger partial charge >= 0.3 is 0 Å². The summed E-state index contributed by atoms with van der Waals surface area (Å²) >= 11 is 0. The first kappa shape index (κ1) is 24.6. The standard InChI is InChI=1S/C18H37NO2.CH4O/c19-18(21)16-14-12-10-8-6-4-2-1-3-5-7-9-11-13-15-17-20;1-2/h20H,1-17H2,(H2,19,21);2H,1H3. The molecule has 4 nitrogen and oxygen atoms in total. The maximum atomic E-state index is 10.6. The Bertz CT molecular complexity index is 223. The number of rotatable bonds is 17. The first-order chi connectivity index (χ1) is 11.3. The van der Waals surface area contributed by atoms with E-state index >= 15 is 0 Å². The van der Waals surface area contributed by atoms with Crippen molar-refractivity contribution in [1.29, 1.82) is 0 Å². The third kappa shape index (κ3) is 26.6. The lowest BCUT2D eigenvalue weighted by molar-refractivity contribution is -0.118. The topological polar surface area (TPSA) is 83.5 Å². The van der Waals surface area contributed by atoms with Gasteiger partial charge in [-0.1, -0.05) is 83.5 Å². The number of hydrogen-bond donors (Lipinski definition) is 3. The second-order valence-electron chi connectivity index (χ2n) is 6.24. The molecule has 0 aromatic carbocycles. The Kier molecular flexibility index (Phi) is 25.3. The molecule has 0 spiro atoms. The van der Waals surface area contributed by atoms with Crippen LogP contribution in [0.5, 0.6) is 0 Å². The minimum atomic E-state index is -0.164. The number of nitrogens with two attached hydrogens (primary N) is 1. The summed E-state index contributed by atoms with van der Waals surface area (Å²) in [5.41, 5.74) is 5.10. The van der Waals surface area contributed by atoms with Crippen LogP contribution in [0.1, 0.15) is 103 Å². The SMILES string of the molecule is CO.NC(=O)CCCCCCCCCCCCCCCCCO. The van der Waals surface area contributed by atoms with Crippen molar-refractivity contribution in [1.82, 2.24) is 0 Å². The molecule has 0 aliphatic carbocycles. The molecule has 4 heteroatoms. The number of carbonyl (C=O) groups is 1. The zero-order valence-electron chi connectivity index (χ0n) is 15.4. The molecule has 0 aliphatic rings. The van der Waals surface area contributed by atoms with E-state index in [0.717, 1.165) is 26.4 Å². The first-order valence-corrected chi connectivity index (χ1v) is 9.61. The molecule has 0 aromatic heterocycles. The third-order valence-electron chi connectivity index (χ3n) is 4.08. The molecule has 0 fully saturated rings. The van der Waals surface area contributed by atoms with Crippen molar-refractivity contribution in [2.75, 3.05) is 13.7 Å². The Labute approximate surface area is 143 Å². The van der Waals surface area contributed by atoms with Crippen LogP contribution in [0.3, 0.4) is 0 Å². The summed E-state index contributed by atoms with van der Waals surface area (Å²) in [4.78, 5) is 10.6. The van der Waals surface area contributed by atoms with Crippen molar-refractivity contribution < 1.29 is 15.0 Å². The van der Waals surface area contributed by atoms with E-state index in [1.165, 1.54) is 77.0 Å². The fourth-order valence-electron chi connectivity index (χ4n) is 2.71. The molecule has 0 aromatic rings. The van der Waals surface area contributed by atoms with Crippen LogP contribution < -0.4 is 5.73 Å².